The molecule has 0 saturated heterocycles. The van der Waals surface area contributed by atoms with Crippen LogP contribution in [0.4, 0.5) is 0 Å². The lowest BCUT2D eigenvalue weighted by Gasteiger charge is -2.35. The van der Waals surface area contributed by atoms with Gasteiger partial charge in [-0.3, -0.25) is 4.99 Å². The van der Waals surface area contributed by atoms with E-state index >= 15 is 0 Å². The molecule has 1 aromatic rings. The van der Waals surface area contributed by atoms with Crippen LogP contribution in [-0.2, 0) is 0 Å². The molecule has 0 amide bonds. The van der Waals surface area contributed by atoms with Crippen molar-refractivity contribution in [2.75, 3.05) is 28.2 Å². The highest BCUT2D eigenvalue weighted by atomic mass is 127. The van der Waals surface area contributed by atoms with Crippen LogP contribution in [0.5, 0.6) is 5.75 Å². The van der Waals surface area contributed by atoms with E-state index in [0.29, 0.717) is 5.75 Å². The Kier molecular flexibility index (Phi) is 7.36. The lowest BCUT2D eigenvalue weighted by molar-refractivity contribution is -0.902. The Hall–Kier alpha value is -0.820. The molecule has 0 N–H and O–H groups in total. The highest BCUT2D eigenvalue weighted by molar-refractivity contribution is 14.0. The number of aliphatic imine (C=N–C) groups is 1. The number of benzene rings is 1. The van der Waals surface area contributed by atoms with E-state index in [-0.39, 0.29) is 30.0 Å². The molecule has 0 heterocycles. The molecule has 1 unspecified atom stereocenters. The summed E-state index contributed by atoms with van der Waals surface area (Å²) in [4.78, 5) is 3.51. The number of para-hydroxylation sites is 1. The van der Waals surface area contributed by atoms with Gasteiger partial charge in [0.2, 0.25) is 0 Å². The first-order valence-corrected chi connectivity index (χ1v) is 6.11. The molecule has 19 heavy (non-hydrogen) atoms. The van der Waals surface area contributed by atoms with Crippen LogP contribution in [0.15, 0.2) is 29.3 Å². The SMILES string of the molecule is CCC(c1ccccc1OC([O-])=NC)[N+](C)(C)C.I. The van der Waals surface area contributed by atoms with E-state index in [1.165, 1.54) is 7.05 Å². The van der Waals surface area contributed by atoms with E-state index in [4.69, 9.17) is 4.74 Å². The molecular weight excluding hydrogens is 355 g/mol. The Morgan fingerprint density at radius 1 is 1.32 bits per heavy atom. The largest absolute Gasteiger partial charge is 0.566 e. The quantitative estimate of drug-likeness (QED) is 0.349. The van der Waals surface area contributed by atoms with Crippen LogP contribution in [-0.4, -0.2) is 38.8 Å². The lowest BCUT2D eigenvalue weighted by Crippen LogP contribution is -2.39. The second kappa shape index (κ2) is 7.69. The standard InChI is InChI=1S/C14H22N2O2.HI/c1-6-12(16(3,4)5)11-9-7-8-10-13(11)18-14(17)15-2;/h7-10,12H,6H2,1-5H3;1H. The number of hydrogen-bond acceptors (Lipinski definition) is 3. The van der Waals surface area contributed by atoms with Gasteiger partial charge >= 0.3 is 0 Å². The molecule has 0 fully saturated rings. The summed E-state index contributed by atoms with van der Waals surface area (Å²) in [5, 5.41) is 11.3. The maximum atomic E-state index is 11.3. The molecule has 1 aromatic carbocycles. The van der Waals surface area contributed by atoms with Crippen LogP contribution in [0.25, 0.3) is 0 Å². The van der Waals surface area contributed by atoms with E-state index in [2.05, 4.69) is 33.1 Å². The second-order valence-corrected chi connectivity index (χ2v) is 5.17. The first-order chi connectivity index (χ1) is 8.40. The van der Waals surface area contributed by atoms with Crippen molar-refractivity contribution in [3.8, 4) is 5.75 Å². The first-order valence-electron chi connectivity index (χ1n) is 6.11. The number of halogens is 1. The molecular formula is C14H23IN2O2. The van der Waals surface area contributed by atoms with Gasteiger partial charge in [0.15, 0.2) is 0 Å². The molecule has 0 aliphatic carbocycles. The Balaban J connectivity index is 0.00000324. The molecule has 108 valence electrons. The molecule has 0 saturated carbocycles. The summed E-state index contributed by atoms with van der Waals surface area (Å²) in [5.74, 6) is 0.605. The average molecular weight is 378 g/mol. The van der Waals surface area contributed by atoms with Gasteiger partial charge < -0.3 is 14.3 Å². The third-order valence-electron chi connectivity index (χ3n) is 2.98. The summed E-state index contributed by atoms with van der Waals surface area (Å²) in [7, 11) is 7.84. The fourth-order valence-corrected chi connectivity index (χ4v) is 2.17. The second-order valence-electron chi connectivity index (χ2n) is 5.17. The van der Waals surface area contributed by atoms with Crippen molar-refractivity contribution >= 4 is 30.1 Å². The zero-order valence-electron chi connectivity index (χ0n) is 12.2. The molecule has 0 aliphatic heterocycles. The molecule has 0 aliphatic rings. The van der Waals surface area contributed by atoms with Gasteiger partial charge in [0.25, 0.3) is 0 Å². The highest BCUT2D eigenvalue weighted by Gasteiger charge is 2.25. The van der Waals surface area contributed by atoms with Gasteiger partial charge in [-0.15, -0.1) is 24.0 Å². The zero-order valence-corrected chi connectivity index (χ0v) is 14.5. The van der Waals surface area contributed by atoms with Crippen molar-refractivity contribution in [1.29, 1.82) is 0 Å². The zero-order chi connectivity index (χ0) is 13.8. The Morgan fingerprint density at radius 3 is 2.37 bits per heavy atom. The van der Waals surface area contributed by atoms with Crippen LogP contribution >= 0.6 is 24.0 Å². The van der Waals surface area contributed by atoms with E-state index in [0.717, 1.165) is 16.5 Å². The lowest BCUT2D eigenvalue weighted by atomic mass is 10.0. The average Bonchev–Trinajstić information content (AvgIpc) is 2.30. The third kappa shape index (κ3) is 4.99. The van der Waals surface area contributed by atoms with Gasteiger partial charge in [-0.1, -0.05) is 25.1 Å². The molecule has 5 heteroatoms. The van der Waals surface area contributed by atoms with Crippen molar-refractivity contribution in [3.05, 3.63) is 29.8 Å². The highest BCUT2D eigenvalue weighted by Crippen LogP contribution is 2.33. The fraction of sp³-hybridized carbons (Fsp3) is 0.500. The van der Waals surface area contributed by atoms with Gasteiger partial charge in [0.1, 0.15) is 12.1 Å². The summed E-state index contributed by atoms with van der Waals surface area (Å²) in [6, 6.07) is 7.94. The Labute approximate surface area is 132 Å². The summed E-state index contributed by atoms with van der Waals surface area (Å²) in [6.45, 7) is 2.14. The fourth-order valence-electron chi connectivity index (χ4n) is 2.17. The molecule has 1 rings (SSSR count). The minimum Gasteiger partial charge on any atom is -0.566 e. The van der Waals surface area contributed by atoms with Crippen molar-refractivity contribution in [1.82, 2.24) is 0 Å². The van der Waals surface area contributed by atoms with Crippen molar-refractivity contribution in [2.45, 2.75) is 19.4 Å². The molecule has 4 nitrogen and oxygen atoms in total. The topological polar surface area (TPSA) is 44.6 Å². The van der Waals surface area contributed by atoms with Crippen LogP contribution < -0.4 is 9.84 Å². The maximum Gasteiger partial charge on any atom is 0.149 e. The third-order valence-corrected chi connectivity index (χ3v) is 2.98. The van der Waals surface area contributed by atoms with Crippen LogP contribution in [0.1, 0.15) is 24.9 Å². The Bertz CT molecular complexity index is 428. The molecule has 0 radical (unpaired) electrons. The number of hydrogen-bond donors (Lipinski definition) is 0. The molecule has 0 aromatic heterocycles. The van der Waals surface area contributed by atoms with Gasteiger partial charge in [0, 0.05) is 24.8 Å². The van der Waals surface area contributed by atoms with Crippen molar-refractivity contribution in [3.63, 3.8) is 0 Å². The normalized spacial score (nSPS) is 13.6. The summed E-state index contributed by atoms with van der Waals surface area (Å²) in [6.07, 6.45) is 0.417. The summed E-state index contributed by atoms with van der Waals surface area (Å²) < 4.78 is 6.04. The minimum atomic E-state index is -0.557. The number of rotatable bonds is 4. The Morgan fingerprint density at radius 2 is 1.89 bits per heavy atom. The van der Waals surface area contributed by atoms with Gasteiger partial charge in [-0.2, -0.15) is 0 Å². The monoisotopic (exact) mass is 378 g/mol. The predicted molar refractivity (Wildman–Crippen MR) is 86.9 cm³/mol. The van der Waals surface area contributed by atoms with Crippen LogP contribution in [0.2, 0.25) is 0 Å². The minimum absolute atomic E-state index is 0. The number of ether oxygens (including phenoxy) is 1. The van der Waals surface area contributed by atoms with Crippen LogP contribution in [0.3, 0.4) is 0 Å². The summed E-state index contributed by atoms with van der Waals surface area (Å²) in [5.41, 5.74) is 1.05. The van der Waals surface area contributed by atoms with Gasteiger partial charge in [-0.05, 0) is 6.07 Å². The van der Waals surface area contributed by atoms with E-state index < -0.39 is 6.08 Å². The number of quaternary nitrogens is 1. The van der Waals surface area contributed by atoms with E-state index in [1.807, 2.05) is 24.3 Å². The maximum absolute atomic E-state index is 11.3. The molecule has 0 spiro atoms. The van der Waals surface area contributed by atoms with E-state index in [9.17, 15) is 5.11 Å². The smallest absolute Gasteiger partial charge is 0.149 e. The van der Waals surface area contributed by atoms with Crippen molar-refractivity contribution in [2.24, 2.45) is 4.99 Å². The van der Waals surface area contributed by atoms with Crippen molar-refractivity contribution < 1.29 is 14.3 Å². The molecule has 0 bridgehead atoms. The van der Waals surface area contributed by atoms with Crippen LogP contribution in [0, 0.1) is 0 Å². The van der Waals surface area contributed by atoms with Gasteiger partial charge in [-0.25, -0.2) is 0 Å². The van der Waals surface area contributed by atoms with E-state index in [1.54, 1.807) is 0 Å². The number of nitrogens with zero attached hydrogens (tertiary/aromatic N) is 2. The first kappa shape index (κ1) is 18.2. The summed E-state index contributed by atoms with van der Waals surface area (Å²) >= 11 is 0. The molecule has 1 atom stereocenters. The van der Waals surface area contributed by atoms with Gasteiger partial charge in [0.05, 0.1) is 21.1 Å². The predicted octanol–water partition coefficient (Wildman–Crippen LogP) is 2.19.